The smallest absolute Gasteiger partial charge is 0.122 e. The Hall–Kier alpha value is -1.06. The van der Waals surface area contributed by atoms with Crippen molar-refractivity contribution in [3.05, 3.63) is 29.8 Å². The van der Waals surface area contributed by atoms with Gasteiger partial charge in [0, 0.05) is 23.6 Å². The summed E-state index contributed by atoms with van der Waals surface area (Å²) in [4.78, 5) is 0. The molecule has 2 N–H and O–H groups in total. The van der Waals surface area contributed by atoms with Crippen LogP contribution in [0, 0.1) is 0 Å². The lowest BCUT2D eigenvalue weighted by molar-refractivity contribution is 0.171. The standard InChI is InChI=1S/C13H17NO2/c14-13(5-6-15-9-13)7-10-8-16-12-4-2-1-3-11(10)12/h1-4,10H,5-9,14H2. The molecule has 0 radical (unpaired) electrons. The number of fused-ring (bicyclic) bond motifs is 1. The van der Waals surface area contributed by atoms with Crippen LogP contribution in [-0.2, 0) is 4.74 Å². The van der Waals surface area contributed by atoms with Crippen molar-refractivity contribution in [2.24, 2.45) is 5.73 Å². The van der Waals surface area contributed by atoms with Gasteiger partial charge in [-0.15, -0.1) is 0 Å². The van der Waals surface area contributed by atoms with Crippen LogP contribution in [0.2, 0.25) is 0 Å². The zero-order valence-electron chi connectivity index (χ0n) is 9.32. The predicted molar refractivity (Wildman–Crippen MR) is 61.6 cm³/mol. The molecular formula is C13H17NO2. The van der Waals surface area contributed by atoms with Gasteiger partial charge >= 0.3 is 0 Å². The molecule has 2 atom stereocenters. The van der Waals surface area contributed by atoms with Crippen LogP contribution in [0.15, 0.2) is 24.3 Å². The van der Waals surface area contributed by atoms with E-state index < -0.39 is 0 Å². The van der Waals surface area contributed by atoms with E-state index >= 15 is 0 Å². The number of benzene rings is 1. The van der Waals surface area contributed by atoms with Gasteiger partial charge in [0.05, 0.1) is 13.2 Å². The van der Waals surface area contributed by atoms with Crippen molar-refractivity contribution in [3.63, 3.8) is 0 Å². The molecule has 0 saturated carbocycles. The lowest BCUT2D eigenvalue weighted by atomic mass is 9.85. The monoisotopic (exact) mass is 219 g/mol. The minimum atomic E-state index is -0.147. The van der Waals surface area contributed by atoms with Crippen LogP contribution in [0.1, 0.15) is 24.3 Å². The molecule has 86 valence electrons. The maximum atomic E-state index is 6.32. The lowest BCUT2D eigenvalue weighted by Gasteiger charge is -2.24. The molecule has 0 spiro atoms. The molecule has 3 rings (SSSR count). The third-order valence-corrected chi connectivity index (χ3v) is 3.59. The van der Waals surface area contributed by atoms with Crippen molar-refractivity contribution in [1.82, 2.24) is 0 Å². The van der Waals surface area contributed by atoms with E-state index in [9.17, 15) is 0 Å². The molecule has 1 aromatic carbocycles. The molecule has 0 aromatic heterocycles. The first-order valence-electron chi connectivity index (χ1n) is 5.85. The summed E-state index contributed by atoms with van der Waals surface area (Å²) in [6.07, 6.45) is 1.93. The van der Waals surface area contributed by atoms with Crippen LogP contribution < -0.4 is 10.5 Å². The van der Waals surface area contributed by atoms with Gasteiger partial charge in [0.15, 0.2) is 0 Å². The summed E-state index contributed by atoms with van der Waals surface area (Å²) < 4.78 is 11.1. The SMILES string of the molecule is NC1(CC2COc3ccccc32)CCOC1. The van der Waals surface area contributed by atoms with Gasteiger partial charge in [0.25, 0.3) is 0 Å². The number of rotatable bonds is 2. The molecule has 1 saturated heterocycles. The third kappa shape index (κ3) is 1.70. The summed E-state index contributed by atoms with van der Waals surface area (Å²) in [6, 6.07) is 8.25. The minimum Gasteiger partial charge on any atom is -0.493 e. The topological polar surface area (TPSA) is 44.5 Å². The van der Waals surface area contributed by atoms with Crippen LogP contribution in [0.5, 0.6) is 5.75 Å². The highest BCUT2D eigenvalue weighted by atomic mass is 16.5. The fourth-order valence-electron chi connectivity index (χ4n) is 2.67. The number of ether oxygens (including phenoxy) is 2. The summed E-state index contributed by atoms with van der Waals surface area (Å²) in [5.74, 6) is 1.46. The van der Waals surface area contributed by atoms with E-state index in [1.165, 1.54) is 5.56 Å². The largest absolute Gasteiger partial charge is 0.493 e. The van der Waals surface area contributed by atoms with Crippen molar-refractivity contribution < 1.29 is 9.47 Å². The fraction of sp³-hybridized carbons (Fsp3) is 0.538. The summed E-state index contributed by atoms with van der Waals surface area (Å²) in [5, 5.41) is 0. The molecule has 1 aromatic rings. The van der Waals surface area contributed by atoms with E-state index in [1.54, 1.807) is 0 Å². The van der Waals surface area contributed by atoms with Gasteiger partial charge in [-0.05, 0) is 18.9 Å². The van der Waals surface area contributed by atoms with Crippen molar-refractivity contribution in [3.8, 4) is 5.75 Å². The van der Waals surface area contributed by atoms with E-state index in [4.69, 9.17) is 15.2 Å². The second kappa shape index (κ2) is 3.75. The van der Waals surface area contributed by atoms with Gasteiger partial charge in [0.2, 0.25) is 0 Å². The van der Waals surface area contributed by atoms with Gasteiger partial charge in [-0.3, -0.25) is 0 Å². The van der Waals surface area contributed by atoms with Crippen LogP contribution in [0.3, 0.4) is 0 Å². The zero-order chi connectivity index (χ0) is 11.0. The lowest BCUT2D eigenvalue weighted by Crippen LogP contribution is -2.41. The Labute approximate surface area is 95.5 Å². The second-order valence-electron chi connectivity index (χ2n) is 4.91. The number of hydrogen-bond donors (Lipinski definition) is 1. The molecule has 3 nitrogen and oxygen atoms in total. The van der Waals surface area contributed by atoms with E-state index in [2.05, 4.69) is 12.1 Å². The highest BCUT2D eigenvalue weighted by Crippen LogP contribution is 2.39. The van der Waals surface area contributed by atoms with Gasteiger partial charge in [-0.1, -0.05) is 18.2 Å². The van der Waals surface area contributed by atoms with E-state index in [1.807, 2.05) is 12.1 Å². The molecule has 2 aliphatic rings. The maximum absolute atomic E-state index is 6.32. The van der Waals surface area contributed by atoms with E-state index in [0.717, 1.165) is 31.8 Å². The molecule has 2 heterocycles. The maximum Gasteiger partial charge on any atom is 0.122 e. The van der Waals surface area contributed by atoms with Crippen LogP contribution in [-0.4, -0.2) is 25.4 Å². The van der Waals surface area contributed by atoms with Gasteiger partial charge in [-0.25, -0.2) is 0 Å². The van der Waals surface area contributed by atoms with Crippen LogP contribution in [0.4, 0.5) is 0 Å². The first-order chi connectivity index (χ1) is 7.77. The average Bonchev–Trinajstić information content (AvgIpc) is 2.87. The molecule has 0 bridgehead atoms. The molecule has 2 unspecified atom stereocenters. The molecule has 3 heteroatoms. The predicted octanol–water partition coefficient (Wildman–Crippen LogP) is 1.67. The Bertz CT molecular complexity index is 385. The van der Waals surface area contributed by atoms with Crippen molar-refractivity contribution in [2.45, 2.75) is 24.3 Å². The number of para-hydroxylation sites is 1. The van der Waals surface area contributed by atoms with Crippen molar-refractivity contribution in [1.29, 1.82) is 0 Å². The molecule has 16 heavy (non-hydrogen) atoms. The Morgan fingerprint density at radius 1 is 1.38 bits per heavy atom. The molecule has 0 aliphatic carbocycles. The first-order valence-corrected chi connectivity index (χ1v) is 5.85. The molecule has 1 fully saturated rings. The van der Waals surface area contributed by atoms with Crippen molar-refractivity contribution in [2.75, 3.05) is 19.8 Å². The highest BCUT2D eigenvalue weighted by molar-refractivity contribution is 5.39. The van der Waals surface area contributed by atoms with E-state index in [0.29, 0.717) is 12.5 Å². The summed E-state index contributed by atoms with van der Waals surface area (Å²) in [6.45, 7) is 2.25. The number of hydrogen-bond acceptors (Lipinski definition) is 3. The molecular weight excluding hydrogens is 202 g/mol. The highest BCUT2D eigenvalue weighted by Gasteiger charge is 2.36. The average molecular weight is 219 g/mol. The van der Waals surface area contributed by atoms with Gasteiger partial charge < -0.3 is 15.2 Å². The summed E-state index contributed by atoms with van der Waals surface area (Å²) in [5.41, 5.74) is 7.47. The Kier molecular flexibility index (Phi) is 2.37. The van der Waals surface area contributed by atoms with Gasteiger partial charge in [-0.2, -0.15) is 0 Å². The Balaban J connectivity index is 1.78. The van der Waals surface area contributed by atoms with E-state index in [-0.39, 0.29) is 5.54 Å². The van der Waals surface area contributed by atoms with Crippen molar-refractivity contribution >= 4 is 0 Å². The van der Waals surface area contributed by atoms with Crippen LogP contribution in [0.25, 0.3) is 0 Å². The number of nitrogens with two attached hydrogens (primary N) is 1. The Morgan fingerprint density at radius 3 is 3.06 bits per heavy atom. The summed E-state index contributed by atoms with van der Waals surface area (Å²) >= 11 is 0. The van der Waals surface area contributed by atoms with Crippen LogP contribution >= 0.6 is 0 Å². The summed E-state index contributed by atoms with van der Waals surface area (Å²) in [7, 11) is 0. The third-order valence-electron chi connectivity index (χ3n) is 3.59. The van der Waals surface area contributed by atoms with Gasteiger partial charge in [0.1, 0.15) is 5.75 Å². The quantitative estimate of drug-likeness (QED) is 0.823. The normalized spacial score (nSPS) is 32.4. The zero-order valence-corrected chi connectivity index (χ0v) is 9.32. The second-order valence-corrected chi connectivity index (χ2v) is 4.91. The fourth-order valence-corrected chi connectivity index (χ4v) is 2.67. The minimum absolute atomic E-state index is 0.147. The first kappa shape index (κ1) is 10.1. The Morgan fingerprint density at radius 2 is 2.25 bits per heavy atom. The molecule has 0 amide bonds. The molecule has 2 aliphatic heterocycles.